The molecule has 9 heteroatoms. The zero-order valence-corrected chi connectivity index (χ0v) is 20.0. The topological polar surface area (TPSA) is 102 Å². The number of carbonyl (C=O) groups is 2. The fraction of sp³-hybridized carbons (Fsp3) is 0.435. The standard InChI is InChI=1S/C23H30N6O2S/c1-6-29-16(5)19(15(4)28-29)10-11-24-21(30)17-8-7-9-18(13-17)25-22(31)23-27-26-20(32-23)12-14(2)3/h7-9,13-14H,6,10-12H2,1-5H3,(H,24,30)(H,25,31). The lowest BCUT2D eigenvalue weighted by atomic mass is 10.1. The van der Waals surface area contributed by atoms with Crippen LogP contribution in [0.1, 0.15) is 62.9 Å². The van der Waals surface area contributed by atoms with Crippen LogP contribution in [0, 0.1) is 19.8 Å². The van der Waals surface area contributed by atoms with Crippen molar-refractivity contribution in [2.45, 2.75) is 54.0 Å². The van der Waals surface area contributed by atoms with Gasteiger partial charge in [-0.25, -0.2) is 0 Å². The van der Waals surface area contributed by atoms with Crippen molar-refractivity contribution in [3.8, 4) is 0 Å². The average molecular weight is 455 g/mol. The molecule has 2 heterocycles. The molecule has 0 atom stereocenters. The van der Waals surface area contributed by atoms with Gasteiger partial charge in [-0.2, -0.15) is 5.10 Å². The van der Waals surface area contributed by atoms with Gasteiger partial charge >= 0.3 is 0 Å². The first kappa shape index (κ1) is 23.6. The molecule has 170 valence electrons. The first-order valence-corrected chi connectivity index (χ1v) is 11.6. The van der Waals surface area contributed by atoms with Crippen LogP contribution >= 0.6 is 11.3 Å². The summed E-state index contributed by atoms with van der Waals surface area (Å²) in [5.41, 5.74) is 4.33. The minimum Gasteiger partial charge on any atom is -0.352 e. The molecule has 2 N–H and O–H groups in total. The molecule has 0 bridgehead atoms. The number of amides is 2. The van der Waals surface area contributed by atoms with Crippen molar-refractivity contribution in [3.63, 3.8) is 0 Å². The Bertz CT molecular complexity index is 1100. The number of hydrogen-bond donors (Lipinski definition) is 2. The maximum absolute atomic E-state index is 12.6. The molecule has 0 unspecified atom stereocenters. The Hall–Kier alpha value is -3.07. The lowest BCUT2D eigenvalue weighted by molar-refractivity contribution is 0.0952. The molecule has 0 fully saturated rings. The Morgan fingerprint density at radius 3 is 2.62 bits per heavy atom. The molecule has 0 saturated heterocycles. The minimum absolute atomic E-state index is 0.186. The van der Waals surface area contributed by atoms with Crippen molar-refractivity contribution in [2.24, 2.45) is 5.92 Å². The van der Waals surface area contributed by atoms with E-state index < -0.39 is 0 Å². The molecule has 8 nitrogen and oxygen atoms in total. The molecule has 0 aliphatic carbocycles. The summed E-state index contributed by atoms with van der Waals surface area (Å²) in [6.07, 6.45) is 1.51. The van der Waals surface area contributed by atoms with E-state index in [1.54, 1.807) is 24.3 Å². The van der Waals surface area contributed by atoms with E-state index in [1.165, 1.54) is 16.9 Å². The SMILES string of the molecule is CCn1nc(C)c(CCNC(=O)c2cccc(NC(=O)c3nnc(CC(C)C)s3)c2)c1C. The van der Waals surface area contributed by atoms with E-state index in [4.69, 9.17) is 0 Å². The van der Waals surface area contributed by atoms with E-state index in [0.717, 1.165) is 35.8 Å². The highest BCUT2D eigenvalue weighted by Crippen LogP contribution is 2.17. The average Bonchev–Trinajstić information content (AvgIpc) is 3.32. The highest BCUT2D eigenvalue weighted by Gasteiger charge is 2.15. The lowest BCUT2D eigenvalue weighted by Crippen LogP contribution is -2.26. The molecule has 32 heavy (non-hydrogen) atoms. The highest BCUT2D eigenvalue weighted by molar-refractivity contribution is 7.13. The van der Waals surface area contributed by atoms with Crippen molar-refractivity contribution in [3.05, 3.63) is 56.8 Å². The Labute approximate surface area is 192 Å². The first-order valence-electron chi connectivity index (χ1n) is 10.8. The van der Waals surface area contributed by atoms with Gasteiger partial charge in [0.05, 0.1) is 5.69 Å². The molecule has 0 aliphatic heterocycles. The van der Waals surface area contributed by atoms with Crippen LogP contribution in [-0.4, -0.2) is 38.3 Å². The van der Waals surface area contributed by atoms with Crippen molar-refractivity contribution in [1.82, 2.24) is 25.3 Å². The Morgan fingerprint density at radius 2 is 1.94 bits per heavy atom. The van der Waals surface area contributed by atoms with Gasteiger partial charge in [0.1, 0.15) is 5.01 Å². The van der Waals surface area contributed by atoms with Gasteiger partial charge in [0.15, 0.2) is 0 Å². The third kappa shape index (κ3) is 5.79. The molecule has 3 aromatic rings. The molecule has 1 aromatic carbocycles. The smallest absolute Gasteiger partial charge is 0.286 e. The number of rotatable bonds is 9. The quantitative estimate of drug-likeness (QED) is 0.512. The summed E-state index contributed by atoms with van der Waals surface area (Å²) < 4.78 is 1.97. The molecular weight excluding hydrogens is 424 g/mol. The van der Waals surface area contributed by atoms with Crippen LogP contribution in [0.25, 0.3) is 0 Å². The molecule has 3 rings (SSSR count). The summed E-state index contributed by atoms with van der Waals surface area (Å²) >= 11 is 1.29. The van der Waals surface area contributed by atoms with Crippen LogP contribution in [0.3, 0.4) is 0 Å². The van der Waals surface area contributed by atoms with E-state index in [2.05, 4.69) is 53.6 Å². The summed E-state index contributed by atoms with van der Waals surface area (Å²) in [5, 5.41) is 19.5. The van der Waals surface area contributed by atoms with Gasteiger partial charge in [-0.1, -0.05) is 31.3 Å². The number of carbonyl (C=O) groups excluding carboxylic acids is 2. The Morgan fingerprint density at radius 1 is 1.16 bits per heavy atom. The summed E-state index contributed by atoms with van der Waals surface area (Å²) in [6.45, 7) is 11.6. The fourth-order valence-electron chi connectivity index (χ4n) is 3.51. The van der Waals surface area contributed by atoms with E-state index in [1.807, 2.05) is 11.6 Å². The predicted molar refractivity (Wildman–Crippen MR) is 126 cm³/mol. The van der Waals surface area contributed by atoms with E-state index in [9.17, 15) is 9.59 Å². The maximum atomic E-state index is 12.6. The van der Waals surface area contributed by atoms with Crippen molar-refractivity contribution >= 4 is 28.8 Å². The molecule has 0 aliphatic rings. The van der Waals surface area contributed by atoms with Crippen molar-refractivity contribution < 1.29 is 9.59 Å². The number of benzene rings is 1. The summed E-state index contributed by atoms with van der Waals surface area (Å²) in [6, 6.07) is 6.88. The second-order valence-corrected chi connectivity index (χ2v) is 9.17. The normalized spacial score (nSPS) is 11.1. The Balaban J connectivity index is 1.58. The van der Waals surface area contributed by atoms with Gasteiger partial charge in [0.2, 0.25) is 5.01 Å². The van der Waals surface area contributed by atoms with Gasteiger partial charge in [0, 0.05) is 36.5 Å². The zero-order chi connectivity index (χ0) is 23.3. The van der Waals surface area contributed by atoms with Crippen molar-refractivity contribution in [1.29, 1.82) is 0 Å². The van der Waals surface area contributed by atoms with Crippen LogP contribution in [0.4, 0.5) is 5.69 Å². The maximum Gasteiger partial charge on any atom is 0.286 e. The lowest BCUT2D eigenvalue weighted by Gasteiger charge is -2.08. The van der Waals surface area contributed by atoms with Crippen LogP contribution in [0.15, 0.2) is 24.3 Å². The van der Waals surface area contributed by atoms with Gasteiger partial charge in [-0.05, 0) is 56.9 Å². The van der Waals surface area contributed by atoms with Crippen LogP contribution in [0.5, 0.6) is 0 Å². The van der Waals surface area contributed by atoms with Crippen molar-refractivity contribution in [2.75, 3.05) is 11.9 Å². The molecular formula is C23H30N6O2S. The summed E-state index contributed by atoms with van der Waals surface area (Å²) in [4.78, 5) is 25.1. The van der Waals surface area contributed by atoms with Gasteiger partial charge in [-0.3, -0.25) is 14.3 Å². The number of nitrogens with one attached hydrogen (secondary N) is 2. The van der Waals surface area contributed by atoms with E-state index in [-0.39, 0.29) is 11.8 Å². The molecule has 0 saturated carbocycles. The number of aromatic nitrogens is 4. The van der Waals surface area contributed by atoms with Crippen LogP contribution in [-0.2, 0) is 19.4 Å². The highest BCUT2D eigenvalue weighted by atomic mass is 32.1. The zero-order valence-electron chi connectivity index (χ0n) is 19.2. The molecule has 0 spiro atoms. The fourth-order valence-corrected chi connectivity index (χ4v) is 4.45. The summed E-state index contributed by atoms with van der Waals surface area (Å²) in [5.74, 6) is -0.0620. The van der Waals surface area contributed by atoms with Gasteiger partial charge < -0.3 is 10.6 Å². The number of nitrogens with zero attached hydrogens (tertiary/aromatic N) is 4. The monoisotopic (exact) mass is 454 g/mol. The summed E-state index contributed by atoms with van der Waals surface area (Å²) in [7, 11) is 0. The number of anilines is 1. The molecule has 2 aromatic heterocycles. The first-order chi connectivity index (χ1) is 15.3. The van der Waals surface area contributed by atoms with E-state index in [0.29, 0.717) is 28.7 Å². The third-order valence-corrected chi connectivity index (χ3v) is 6.06. The minimum atomic E-state index is -0.325. The largest absolute Gasteiger partial charge is 0.352 e. The second kappa shape index (κ2) is 10.5. The number of aryl methyl sites for hydroxylation is 2. The second-order valence-electron chi connectivity index (χ2n) is 8.10. The number of hydrogen-bond acceptors (Lipinski definition) is 6. The molecule has 0 radical (unpaired) electrons. The van der Waals surface area contributed by atoms with Crippen LogP contribution in [0.2, 0.25) is 0 Å². The van der Waals surface area contributed by atoms with Gasteiger partial charge in [0.25, 0.3) is 11.8 Å². The molecule has 2 amide bonds. The third-order valence-electron chi connectivity index (χ3n) is 5.12. The van der Waals surface area contributed by atoms with E-state index >= 15 is 0 Å². The van der Waals surface area contributed by atoms with Gasteiger partial charge in [-0.15, -0.1) is 10.2 Å². The predicted octanol–water partition coefficient (Wildman–Crippen LogP) is 3.79. The Kier molecular flexibility index (Phi) is 7.74. The van der Waals surface area contributed by atoms with Crippen LogP contribution < -0.4 is 10.6 Å².